The summed E-state index contributed by atoms with van der Waals surface area (Å²) in [5.74, 6) is -0.0799. The van der Waals surface area contributed by atoms with Gasteiger partial charge in [0.2, 0.25) is 5.91 Å². The predicted molar refractivity (Wildman–Crippen MR) is 106 cm³/mol. The molecule has 0 aliphatic heterocycles. The molecule has 10 heteroatoms. The Balaban J connectivity index is 2.16. The largest absolute Gasteiger partial charge is 0.421 e. The van der Waals surface area contributed by atoms with Gasteiger partial charge >= 0.3 is 6.18 Å². The number of hydrogen-bond acceptors (Lipinski definition) is 5. The van der Waals surface area contributed by atoms with E-state index in [1.165, 1.54) is 29.3 Å². The standard InChI is InChI=1S/C20H22F3N5O2/c1-11-5-6-12(19(2,30)20(21,22)23)7-14(11)15-9-25-18-17(24)26-13(10-28(15)18)8-16(29)27(3)4/h5-7,9-10,30H,8H2,1-4H3,(H2,24,26). The SMILES string of the molecule is Cc1ccc(C(C)(O)C(F)(F)F)cc1-c1cnc2c(N)nc(CC(=O)N(C)C)cn12. The van der Waals surface area contributed by atoms with Crippen molar-refractivity contribution in [1.29, 1.82) is 0 Å². The Hall–Kier alpha value is -3.14. The number of nitrogens with two attached hydrogens (primary N) is 1. The summed E-state index contributed by atoms with van der Waals surface area (Å²) in [6, 6.07) is 4.03. The second-order valence-corrected chi connectivity index (χ2v) is 7.52. The van der Waals surface area contributed by atoms with Crippen LogP contribution in [0.2, 0.25) is 0 Å². The molecule has 7 nitrogen and oxygen atoms in total. The van der Waals surface area contributed by atoms with Crippen LogP contribution in [-0.4, -0.2) is 50.6 Å². The number of aryl methyl sites for hydroxylation is 1. The zero-order chi connectivity index (χ0) is 22.4. The molecule has 0 spiro atoms. The van der Waals surface area contributed by atoms with E-state index in [4.69, 9.17) is 5.73 Å². The molecule has 0 bridgehead atoms. The van der Waals surface area contributed by atoms with E-state index in [-0.39, 0.29) is 23.7 Å². The molecule has 30 heavy (non-hydrogen) atoms. The van der Waals surface area contributed by atoms with Crippen LogP contribution in [0.25, 0.3) is 16.9 Å². The molecular weight excluding hydrogens is 399 g/mol. The normalized spacial score (nSPS) is 14.0. The van der Waals surface area contributed by atoms with Crippen molar-refractivity contribution < 1.29 is 23.1 Å². The molecule has 1 aromatic carbocycles. The van der Waals surface area contributed by atoms with Gasteiger partial charge in [-0.05, 0) is 31.0 Å². The maximum atomic E-state index is 13.3. The van der Waals surface area contributed by atoms with Crippen molar-refractivity contribution in [1.82, 2.24) is 19.3 Å². The van der Waals surface area contributed by atoms with Crippen molar-refractivity contribution in [2.24, 2.45) is 0 Å². The first-order chi connectivity index (χ1) is 13.8. The first-order valence-electron chi connectivity index (χ1n) is 9.06. The number of aromatic nitrogens is 3. The van der Waals surface area contributed by atoms with E-state index >= 15 is 0 Å². The van der Waals surface area contributed by atoms with Crippen LogP contribution in [-0.2, 0) is 16.8 Å². The number of hydrogen-bond donors (Lipinski definition) is 2. The van der Waals surface area contributed by atoms with E-state index < -0.39 is 11.8 Å². The Bertz CT molecular complexity index is 1120. The second kappa shape index (κ2) is 7.28. The van der Waals surface area contributed by atoms with Crippen LogP contribution in [0.1, 0.15) is 23.7 Å². The number of amides is 1. The van der Waals surface area contributed by atoms with E-state index in [0.717, 1.165) is 0 Å². The lowest BCUT2D eigenvalue weighted by atomic mass is 9.91. The molecular formula is C20H22F3N5O2. The Morgan fingerprint density at radius 2 is 1.97 bits per heavy atom. The van der Waals surface area contributed by atoms with Gasteiger partial charge in [-0.15, -0.1) is 0 Å². The predicted octanol–water partition coefficient (Wildman–Crippen LogP) is 2.69. The molecule has 1 unspecified atom stereocenters. The maximum absolute atomic E-state index is 13.3. The third-order valence-electron chi connectivity index (χ3n) is 5.03. The second-order valence-electron chi connectivity index (χ2n) is 7.52. The molecule has 0 fully saturated rings. The lowest BCUT2D eigenvalue weighted by molar-refractivity contribution is -0.258. The molecule has 0 saturated heterocycles. The first-order valence-corrected chi connectivity index (χ1v) is 9.06. The van der Waals surface area contributed by atoms with Gasteiger partial charge in [0.25, 0.3) is 0 Å². The van der Waals surface area contributed by atoms with Crippen LogP contribution in [0.4, 0.5) is 19.0 Å². The summed E-state index contributed by atoms with van der Waals surface area (Å²) in [6.07, 6.45) is -1.78. The van der Waals surface area contributed by atoms with Gasteiger partial charge in [0.05, 0.1) is 24.0 Å². The van der Waals surface area contributed by atoms with Crippen LogP contribution in [0.3, 0.4) is 0 Å². The first kappa shape index (κ1) is 21.6. The monoisotopic (exact) mass is 421 g/mol. The number of likely N-dealkylation sites (N-methyl/N-ethyl adjacent to an activating group) is 1. The fourth-order valence-electron chi connectivity index (χ4n) is 3.03. The minimum absolute atomic E-state index is 0.00651. The zero-order valence-corrected chi connectivity index (χ0v) is 16.9. The number of benzene rings is 1. The van der Waals surface area contributed by atoms with Gasteiger partial charge in [-0.1, -0.05) is 12.1 Å². The summed E-state index contributed by atoms with van der Waals surface area (Å²) >= 11 is 0. The number of carbonyl (C=O) groups excluding carboxylic acids is 1. The smallest absolute Gasteiger partial charge is 0.381 e. The molecule has 3 N–H and O–H groups in total. The van der Waals surface area contributed by atoms with Crippen LogP contribution in [0.5, 0.6) is 0 Å². The quantitative estimate of drug-likeness (QED) is 0.675. The minimum atomic E-state index is -4.84. The van der Waals surface area contributed by atoms with Crippen LogP contribution < -0.4 is 5.73 Å². The van der Waals surface area contributed by atoms with E-state index in [9.17, 15) is 23.1 Å². The molecule has 160 valence electrons. The highest BCUT2D eigenvalue weighted by molar-refractivity contribution is 5.78. The number of nitrogens with zero attached hydrogens (tertiary/aromatic N) is 4. The highest BCUT2D eigenvalue weighted by Crippen LogP contribution is 2.40. The van der Waals surface area contributed by atoms with E-state index in [2.05, 4.69) is 9.97 Å². The van der Waals surface area contributed by atoms with Crippen LogP contribution in [0.15, 0.2) is 30.6 Å². The van der Waals surface area contributed by atoms with Gasteiger partial charge in [0.1, 0.15) is 0 Å². The molecule has 0 saturated carbocycles. The average molecular weight is 421 g/mol. The molecule has 1 amide bonds. The molecule has 2 aromatic heterocycles. The third-order valence-corrected chi connectivity index (χ3v) is 5.03. The number of fused-ring (bicyclic) bond motifs is 1. The number of halogens is 3. The number of nitrogen functional groups attached to an aromatic ring is 1. The number of carbonyl (C=O) groups is 1. The van der Waals surface area contributed by atoms with E-state index in [1.807, 2.05) is 0 Å². The van der Waals surface area contributed by atoms with E-state index in [0.29, 0.717) is 35.1 Å². The topological polar surface area (TPSA) is 96.7 Å². The van der Waals surface area contributed by atoms with Gasteiger partial charge in [0.15, 0.2) is 17.1 Å². The fourth-order valence-corrected chi connectivity index (χ4v) is 3.03. The highest BCUT2D eigenvalue weighted by atomic mass is 19.4. The van der Waals surface area contributed by atoms with Gasteiger partial charge in [-0.2, -0.15) is 13.2 Å². The Labute approximate surface area is 171 Å². The molecule has 2 heterocycles. The number of imidazole rings is 1. The van der Waals surface area contributed by atoms with Crippen molar-refractivity contribution in [2.75, 3.05) is 19.8 Å². The lowest BCUT2D eigenvalue weighted by Crippen LogP contribution is -2.39. The summed E-state index contributed by atoms with van der Waals surface area (Å²) in [5, 5.41) is 10.1. The molecule has 0 radical (unpaired) electrons. The van der Waals surface area contributed by atoms with Crippen molar-refractivity contribution in [2.45, 2.75) is 32.0 Å². The summed E-state index contributed by atoms with van der Waals surface area (Å²) in [7, 11) is 3.24. The number of alkyl halides is 3. The summed E-state index contributed by atoms with van der Waals surface area (Å²) in [6.45, 7) is 2.45. The molecule has 3 aromatic rings. The summed E-state index contributed by atoms with van der Waals surface area (Å²) < 4.78 is 41.5. The van der Waals surface area contributed by atoms with E-state index in [1.54, 1.807) is 31.6 Å². The van der Waals surface area contributed by atoms with Crippen LogP contribution in [0, 0.1) is 6.92 Å². The molecule has 1 atom stereocenters. The molecule has 3 rings (SSSR count). The number of aliphatic hydroxyl groups is 1. The molecule has 0 aliphatic rings. The Morgan fingerprint density at radius 1 is 1.30 bits per heavy atom. The van der Waals surface area contributed by atoms with Crippen molar-refractivity contribution >= 4 is 17.4 Å². The van der Waals surface area contributed by atoms with Gasteiger partial charge in [-0.25, -0.2) is 9.97 Å². The number of rotatable bonds is 4. The lowest BCUT2D eigenvalue weighted by Gasteiger charge is -2.27. The van der Waals surface area contributed by atoms with Crippen molar-refractivity contribution in [3.8, 4) is 11.3 Å². The summed E-state index contributed by atoms with van der Waals surface area (Å²) in [4.78, 5) is 21.9. The summed E-state index contributed by atoms with van der Waals surface area (Å²) in [5.41, 5.74) is 4.98. The zero-order valence-electron chi connectivity index (χ0n) is 16.9. The van der Waals surface area contributed by atoms with Crippen molar-refractivity contribution in [3.63, 3.8) is 0 Å². The maximum Gasteiger partial charge on any atom is 0.421 e. The van der Waals surface area contributed by atoms with Crippen LogP contribution >= 0.6 is 0 Å². The average Bonchev–Trinajstić information content (AvgIpc) is 3.05. The third kappa shape index (κ3) is 3.70. The Kier molecular flexibility index (Phi) is 5.23. The van der Waals surface area contributed by atoms with Gasteiger partial charge in [0, 0.05) is 25.9 Å². The molecule has 0 aliphatic carbocycles. The highest BCUT2D eigenvalue weighted by Gasteiger charge is 2.51. The van der Waals surface area contributed by atoms with Gasteiger partial charge in [-0.3, -0.25) is 9.20 Å². The van der Waals surface area contributed by atoms with Gasteiger partial charge < -0.3 is 15.7 Å². The fraction of sp³-hybridized carbons (Fsp3) is 0.350. The van der Waals surface area contributed by atoms with Crippen molar-refractivity contribution in [3.05, 3.63) is 47.4 Å². The minimum Gasteiger partial charge on any atom is -0.381 e. The Morgan fingerprint density at radius 3 is 2.57 bits per heavy atom. The number of anilines is 1.